The first-order valence-electron chi connectivity index (χ1n) is 10.3. The molecule has 0 saturated heterocycles. The Morgan fingerprint density at radius 3 is 2.31 bits per heavy atom. The van der Waals surface area contributed by atoms with E-state index < -0.39 is 23.3 Å². The Balaban J connectivity index is 0.00000961. The summed E-state index contributed by atoms with van der Waals surface area (Å²) in [6, 6.07) is 5.26. The number of hydrogen-bond donors (Lipinski definition) is 4. The molecule has 184 valence electrons. The first-order valence-corrected chi connectivity index (χ1v) is 10.3. The van der Waals surface area contributed by atoms with Gasteiger partial charge in [-0.1, -0.05) is 0 Å². The molecule has 0 fully saturated rings. The smallest absolute Gasteiger partial charge is 0.408 e. The number of halogens is 1. The summed E-state index contributed by atoms with van der Waals surface area (Å²) in [6.45, 7) is 12.3. The molecule has 0 aliphatic carbocycles. The fourth-order valence-corrected chi connectivity index (χ4v) is 2.64. The van der Waals surface area contributed by atoms with Crippen molar-refractivity contribution < 1.29 is 24.1 Å². The normalized spacial score (nSPS) is 12.8. The molecule has 0 aliphatic rings. The molecule has 1 atom stereocenters. The Morgan fingerprint density at radius 1 is 1.12 bits per heavy atom. The first-order chi connectivity index (χ1) is 14.4. The largest absolute Gasteiger partial charge is 0.497 e. The zero-order valence-electron chi connectivity index (χ0n) is 20.4. The molecular formula is C22H39IN4O5. The lowest BCUT2D eigenvalue weighted by Crippen LogP contribution is -2.49. The minimum Gasteiger partial charge on any atom is -0.497 e. The lowest BCUT2D eigenvalue weighted by molar-refractivity contribution is 0.0476. The summed E-state index contributed by atoms with van der Waals surface area (Å²) in [5, 5.41) is 19.7. The number of aliphatic hydroxyl groups is 1. The van der Waals surface area contributed by atoms with Crippen molar-refractivity contribution >= 4 is 36.0 Å². The van der Waals surface area contributed by atoms with Gasteiger partial charge in [0.05, 0.1) is 32.4 Å². The maximum atomic E-state index is 12.1. The van der Waals surface area contributed by atoms with E-state index in [0.29, 0.717) is 36.1 Å². The number of nitrogens with zero attached hydrogens (tertiary/aromatic N) is 1. The SMILES string of the molecule is CCNC(=NCC(C)(C)NC(=O)OC(C)(C)C)NCC(O)c1cc(OC)ccc1OC.I. The van der Waals surface area contributed by atoms with Gasteiger partial charge in [-0.25, -0.2) is 4.79 Å². The molecule has 1 aromatic carbocycles. The van der Waals surface area contributed by atoms with Gasteiger partial charge in [0.15, 0.2) is 5.96 Å². The van der Waals surface area contributed by atoms with E-state index in [1.165, 1.54) is 0 Å². The molecule has 0 saturated carbocycles. The van der Waals surface area contributed by atoms with Crippen molar-refractivity contribution in [1.29, 1.82) is 0 Å². The Hall–Kier alpha value is -1.95. The van der Waals surface area contributed by atoms with Crippen LogP contribution in [0.25, 0.3) is 0 Å². The molecular weight excluding hydrogens is 527 g/mol. The number of benzene rings is 1. The predicted molar refractivity (Wildman–Crippen MR) is 137 cm³/mol. The maximum Gasteiger partial charge on any atom is 0.408 e. The summed E-state index contributed by atoms with van der Waals surface area (Å²) >= 11 is 0. The van der Waals surface area contributed by atoms with Crippen LogP contribution < -0.4 is 25.4 Å². The Labute approximate surface area is 208 Å². The van der Waals surface area contributed by atoms with Crippen LogP contribution in [-0.4, -0.2) is 62.2 Å². The highest BCUT2D eigenvalue weighted by Crippen LogP contribution is 2.29. The van der Waals surface area contributed by atoms with Gasteiger partial charge in [-0.2, -0.15) is 0 Å². The summed E-state index contributed by atoms with van der Waals surface area (Å²) < 4.78 is 15.9. The minimum atomic E-state index is -0.846. The van der Waals surface area contributed by atoms with Crippen molar-refractivity contribution in [3.63, 3.8) is 0 Å². The quantitative estimate of drug-likeness (QED) is 0.206. The van der Waals surface area contributed by atoms with Crippen molar-refractivity contribution in [2.24, 2.45) is 4.99 Å². The van der Waals surface area contributed by atoms with Crippen LogP contribution in [0.4, 0.5) is 4.79 Å². The Morgan fingerprint density at radius 2 is 1.78 bits per heavy atom. The highest BCUT2D eigenvalue weighted by molar-refractivity contribution is 14.0. The van der Waals surface area contributed by atoms with E-state index >= 15 is 0 Å². The molecule has 0 spiro atoms. The van der Waals surface area contributed by atoms with Crippen LogP contribution in [0, 0.1) is 0 Å². The molecule has 1 amide bonds. The van der Waals surface area contributed by atoms with Gasteiger partial charge in [-0.3, -0.25) is 4.99 Å². The molecule has 32 heavy (non-hydrogen) atoms. The number of aliphatic imine (C=N–C) groups is 1. The van der Waals surface area contributed by atoms with Crippen LogP contribution in [0.2, 0.25) is 0 Å². The molecule has 0 aliphatic heterocycles. The molecule has 9 nitrogen and oxygen atoms in total. The summed E-state index contributed by atoms with van der Waals surface area (Å²) in [5.74, 6) is 1.72. The third-order valence-corrected chi connectivity index (χ3v) is 4.07. The number of rotatable bonds is 9. The van der Waals surface area contributed by atoms with Crippen LogP contribution >= 0.6 is 24.0 Å². The first kappa shape index (κ1) is 30.0. The average molecular weight is 566 g/mol. The number of aliphatic hydroxyl groups excluding tert-OH is 1. The standard InChI is InChI=1S/C22H38N4O5.HI/c1-9-23-19(25-14-22(5,6)26-20(28)31-21(2,3)4)24-13-17(27)16-12-15(29-7)10-11-18(16)30-8;/h10-12,17,27H,9,13-14H2,1-8H3,(H,26,28)(H2,23,24,25);1H. The number of hydrogen-bond acceptors (Lipinski definition) is 6. The number of carbonyl (C=O) groups is 1. The van der Waals surface area contributed by atoms with Crippen molar-refractivity contribution in [3.05, 3.63) is 23.8 Å². The van der Waals surface area contributed by atoms with Gasteiger partial charge >= 0.3 is 6.09 Å². The lowest BCUT2D eigenvalue weighted by atomic mass is 10.1. The van der Waals surface area contributed by atoms with Gasteiger partial charge < -0.3 is 35.3 Å². The highest BCUT2D eigenvalue weighted by Gasteiger charge is 2.24. The number of amides is 1. The van der Waals surface area contributed by atoms with Gasteiger partial charge in [0.25, 0.3) is 0 Å². The van der Waals surface area contributed by atoms with Crippen LogP contribution in [0.1, 0.15) is 53.2 Å². The molecule has 0 radical (unpaired) electrons. The van der Waals surface area contributed by atoms with E-state index in [9.17, 15) is 9.90 Å². The number of methoxy groups -OCH3 is 2. The van der Waals surface area contributed by atoms with Crippen molar-refractivity contribution in [1.82, 2.24) is 16.0 Å². The van der Waals surface area contributed by atoms with Crippen molar-refractivity contribution in [2.45, 2.75) is 58.8 Å². The van der Waals surface area contributed by atoms with Crippen LogP contribution in [0.15, 0.2) is 23.2 Å². The van der Waals surface area contributed by atoms with E-state index in [1.54, 1.807) is 32.4 Å². The number of guanidine groups is 1. The molecule has 0 heterocycles. The van der Waals surface area contributed by atoms with Crippen LogP contribution in [0.5, 0.6) is 11.5 Å². The molecule has 0 aromatic heterocycles. The van der Waals surface area contributed by atoms with Crippen molar-refractivity contribution in [3.8, 4) is 11.5 Å². The molecule has 4 N–H and O–H groups in total. The Bertz CT molecular complexity index is 750. The molecule has 1 unspecified atom stereocenters. The fraction of sp³-hybridized carbons (Fsp3) is 0.636. The topological polar surface area (TPSA) is 113 Å². The van der Waals surface area contributed by atoms with E-state index in [0.717, 1.165) is 0 Å². The van der Waals surface area contributed by atoms with E-state index in [-0.39, 0.29) is 30.5 Å². The Kier molecular flexibility index (Phi) is 12.7. The zero-order valence-corrected chi connectivity index (χ0v) is 22.7. The number of ether oxygens (including phenoxy) is 3. The highest BCUT2D eigenvalue weighted by atomic mass is 127. The van der Waals surface area contributed by atoms with Crippen LogP contribution in [-0.2, 0) is 4.74 Å². The fourth-order valence-electron chi connectivity index (χ4n) is 2.64. The van der Waals surface area contributed by atoms with E-state index in [1.807, 2.05) is 41.5 Å². The number of nitrogens with one attached hydrogen (secondary N) is 3. The average Bonchev–Trinajstić information content (AvgIpc) is 2.67. The third-order valence-electron chi connectivity index (χ3n) is 4.07. The summed E-state index contributed by atoms with van der Waals surface area (Å²) in [4.78, 5) is 16.6. The second-order valence-corrected chi connectivity index (χ2v) is 8.71. The molecule has 1 aromatic rings. The summed E-state index contributed by atoms with van der Waals surface area (Å²) in [7, 11) is 3.12. The van der Waals surface area contributed by atoms with Gasteiger partial charge in [0.2, 0.25) is 0 Å². The zero-order chi connectivity index (χ0) is 23.7. The number of carbonyl (C=O) groups excluding carboxylic acids is 1. The molecule has 1 rings (SSSR count). The summed E-state index contributed by atoms with van der Waals surface area (Å²) in [5.41, 5.74) is -0.589. The van der Waals surface area contributed by atoms with Gasteiger partial charge in [0, 0.05) is 18.7 Å². The molecule has 0 bridgehead atoms. The van der Waals surface area contributed by atoms with Gasteiger partial charge in [-0.05, 0) is 59.7 Å². The second-order valence-electron chi connectivity index (χ2n) is 8.71. The number of alkyl carbamates (subject to hydrolysis) is 1. The van der Waals surface area contributed by atoms with E-state index in [2.05, 4.69) is 20.9 Å². The third kappa shape index (κ3) is 11.1. The van der Waals surface area contributed by atoms with Gasteiger partial charge in [0.1, 0.15) is 17.1 Å². The van der Waals surface area contributed by atoms with Crippen LogP contribution in [0.3, 0.4) is 0 Å². The molecule has 10 heteroatoms. The predicted octanol–water partition coefficient (Wildman–Crippen LogP) is 3.21. The van der Waals surface area contributed by atoms with E-state index in [4.69, 9.17) is 14.2 Å². The maximum absolute atomic E-state index is 12.1. The lowest BCUT2D eigenvalue weighted by Gasteiger charge is -2.27. The second kappa shape index (κ2) is 13.6. The summed E-state index contributed by atoms with van der Waals surface area (Å²) in [6.07, 6.45) is -1.34. The monoisotopic (exact) mass is 566 g/mol. The van der Waals surface area contributed by atoms with Crippen molar-refractivity contribution in [2.75, 3.05) is 33.9 Å². The minimum absolute atomic E-state index is 0. The van der Waals surface area contributed by atoms with Gasteiger partial charge in [-0.15, -0.1) is 24.0 Å².